The van der Waals surface area contributed by atoms with E-state index in [9.17, 15) is 0 Å². The molecule has 0 nitrogen and oxygen atoms in total. The molecule has 0 aromatic rings. The standard InChI is InChI=1S/C9H18S2/c1-3-9(2)8-11-7-5-4-6-10/h4-5,9-10H,3,6-8H2,1-2H3/b5-4+. The van der Waals surface area contributed by atoms with E-state index in [-0.39, 0.29) is 0 Å². The average Bonchev–Trinajstić information content (AvgIpc) is 2.04. The first-order chi connectivity index (χ1) is 5.31. The van der Waals surface area contributed by atoms with Crippen LogP contribution in [0.1, 0.15) is 20.3 Å². The molecular formula is C9H18S2. The summed E-state index contributed by atoms with van der Waals surface area (Å²) in [6, 6.07) is 0. The maximum absolute atomic E-state index is 4.09. The van der Waals surface area contributed by atoms with E-state index in [4.69, 9.17) is 0 Å². The Bertz CT molecular complexity index is 99.7. The first kappa shape index (κ1) is 11.4. The predicted octanol–water partition coefficient (Wildman–Crippen LogP) is 3.25. The smallest absolute Gasteiger partial charge is 0.0113 e. The maximum atomic E-state index is 4.09. The van der Waals surface area contributed by atoms with Crippen LogP contribution in [0.4, 0.5) is 0 Å². The molecule has 0 aliphatic heterocycles. The van der Waals surface area contributed by atoms with Crippen LogP contribution in [-0.2, 0) is 0 Å². The molecule has 0 saturated heterocycles. The predicted molar refractivity (Wildman–Crippen MR) is 59.8 cm³/mol. The monoisotopic (exact) mass is 190 g/mol. The number of hydrogen-bond donors (Lipinski definition) is 1. The molecule has 1 atom stereocenters. The number of rotatable bonds is 6. The van der Waals surface area contributed by atoms with Crippen LogP contribution in [0.2, 0.25) is 0 Å². The van der Waals surface area contributed by atoms with Gasteiger partial charge in [-0.3, -0.25) is 0 Å². The summed E-state index contributed by atoms with van der Waals surface area (Å²) in [5.41, 5.74) is 0. The molecule has 0 aromatic heterocycles. The van der Waals surface area contributed by atoms with Gasteiger partial charge in [-0.25, -0.2) is 0 Å². The van der Waals surface area contributed by atoms with Crippen LogP contribution in [0.25, 0.3) is 0 Å². The Hall–Kier alpha value is 0.440. The van der Waals surface area contributed by atoms with Crippen molar-refractivity contribution in [3.8, 4) is 0 Å². The summed E-state index contributed by atoms with van der Waals surface area (Å²) in [4.78, 5) is 0. The van der Waals surface area contributed by atoms with Crippen LogP contribution in [0.3, 0.4) is 0 Å². The number of thiol groups is 1. The summed E-state index contributed by atoms with van der Waals surface area (Å²) in [6.45, 7) is 4.55. The zero-order valence-electron chi connectivity index (χ0n) is 7.42. The molecule has 0 aliphatic carbocycles. The Morgan fingerprint density at radius 2 is 2.18 bits per heavy atom. The first-order valence-corrected chi connectivity index (χ1v) is 5.93. The van der Waals surface area contributed by atoms with Crippen molar-refractivity contribution in [1.82, 2.24) is 0 Å². The van der Waals surface area contributed by atoms with Crippen LogP contribution < -0.4 is 0 Å². The number of hydrogen-bond acceptors (Lipinski definition) is 2. The summed E-state index contributed by atoms with van der Waals surface area (Å²) in [6.07, 6.45) is 5.59. The molecule has 0 saturated carbocycles. The lowest BCUT2D eigenvalue weighted by molar-refractivity contribution is 0.637. The van der Waals surface area contributed by atoms with E-state index in [1.165, 1.54) is 12.2 Å². The minimum Gasteiger partial charge on any atom is -0.175 e. The van der Waals surface area contributed by atoms with Crippen LogP contribution >= 0.6 is 24.4 Å². The molecule has 2 heteroatoms. The molecule has 1 unspecified atom stereocenters. The van der Waals surface area contributed by atoms with Crippen molar-refractivity contribution in [2.75, 3.05) is 17.3 Å². The molecule has 0 fully saturated rings. The normalized spacial score (nSPS) is 14.1. The van der Waals surface area contributed by atoms with E-state index >= 15 is 0 Å². The Balaban J connectivity index is 3.07. The fraction of sp³-hybridized carbons (Fsp3) is 0.778. The lowest BCUT2D eigenvalue weighted by Gasteiger charge is -2.04. The lowest BCUT2D eigenvalue weighted by atomic mass is 10.2. The third kappa shape index (κ3) is 8.35. The van der Waals surface area contributed by atoms with Crippen molar-refractivity contribution in [1.29, 1.82) is 0 Å². The Morgan fingerprint density at radius 1 is 1.45 bits per heavy atom. The lowest BCUT2D eigenvalue weighted by Crippen LogP contribution is -1.95. The van der Waals surface area contributed by atoms with Gasteiger partial charge in [0.15, 0.2) is 0 Å². The van der Waals surface area contributed by atoms with Crippen molar-refractivity contribution in [2.24, 2.45) is 5.92 Å². The molecule has 0 spiro atoms. The van der Waals surface area contributed by atoms with Crippen molar-refractivity contribution >= 4 is 24.4 Å². The van der Waals surface area contributed by atoms with Crippen LogP contribution in [0, 0.1) is 5.92 Å². The van der Waals surface area contributed by atoms with Gasteiger partial charge in [0.1, 0.15) is 0 Å². The largest absolute Gasteiger partial charge is 0.175 e. The Kier molecular flexibility index (Phi) is 8.88. The summed E-state index contributed by atoms with van der Waals surface area (Å²) < 4.78 is 0. The first-order valence-electron chi connectivity index (χ1n) is 4.14. The van der Waals surface area contributed by atoms with Gasteiger partial charge in [0.25, 0.3) is 0 Å². The van der Waals surface area contributed by atoms with E-state index in [1.54, 1.807) is 0 Å². The fourth-order valence-electron chi connectivity index (χ4n) is 0.598. The van der Waals surface area contributed by atoms with Gasteiger partial charge in [-0.15, -0.1) is 0 Å². The highest BCUT2D eigenvalue weighted by molar-refractivity contribution is 7.99. The molecular weight excluding hydrogens is 172 g/mol. The minimum absolute atomic E-state index is 0.865. The number of thioether (sulfide) groups is 1. The molecule has 0 heterocycles. The van der Waals surface area contributed by atoms with Gasteiger partial charge >= 0.3 is 0 Å². The molecule has 0 aliphatic rings. The summed E-state index contributed by atoms with van der Waals surface area (Å²) in [5, 5.41) is 0. The highest BCUT2D eigenvalue weighted by atomic mass is 32.2. The topological polar surface area (TPSA) is 0 Å². The van der Waals surface area contributed by atoms with E-state index in [0.29, 0.717) is 0 Å². The zero-order valence-corrected chi connectivity index (χ0v) is 9.13. The van der Waals surface area contributed by atoms with Crippen LogP contribution in [0.5, 0.6) is 0 Å². The Morgan fingerprint density at radius 3 is 2.73 bits per heavy atom. The molecule has 0 aromatic carbocycles. The van der Waals surface area contributed by atoms with Gasteiger partial charge in [-0.05, 0) is 11.7 Å². The molecule has 11 heavy (non-hydrogen) atoms. The quantitative estimate of drug-likeness (QED) is 0.381. The van der Waals surface area contributed by atoms with Gasteiger partial charge in [-0.1, -0.05) is 32.4 Å². The van der Waals surface area contributed by atoms with Gasteiger partial charge in [0.05, 0.1) is 0 Å². The Labute approximate surface area is 80.2 Å². The molecule has 0 bridgehead atoms. The van der Waals surface area contributed by atoms with Crippen LogP contribution in [-0.4, -0.2) is 17.3 Å². The van der Waals surface area contributed by atoms with Gasteiger partial charge in [0, 0.05) is 11.5 Å². The molecule has 0 amide bonds. The van der Waals surface area contributed by atoms with E-state index in [1.807, 2.05) is 11.8 Å². The fourth-order valence-corrected chi connectivity index (χ4v) is 1.79. The third-order valence-corrected chi connectivity index (χ3v) is 3.03. The van der Waals surface area contributed by atoms with Crippen molar-refractivity contribution < 1.29 is 0 Å². The van der Waals surface area contributed by atoms with Gasteiger partial charge in [-0.2, -0.15) is 24.4 Å². The second-order valence-electron chi connectivity index (χ2n) is 2.70. The van der Waals surface area contributed by atoms with Crippen molar-refractivity contribution in [3.63, 3.8) is 0 Å². The highest BCUT2D eigenvalue weighted by Crippen LogP contribution is 2.10. The van der Waals surface area contributed by atoms with Gasteiger partial charge in [0.2, 0.25) is 0 Å². The third-order valence-electron chi connectivity index (χ3n) is 1.59. The maximum Gasteiger partial charge on any atom is 0.0113 e. The van der Waals surface area contributed by atoms with Gasteiger partial charge < -0.3 is 0 Å². The SMILES string of the molecule is CCC(C)CSC/C=C/CS. The molecule has 0 rings (SSSR count). The zero-order chi connectivity index (χ0) is 8.53. The van der Waals surface area contributed by atoms with E-state index in [2.05, 4.69) is 38.6 Å². The second kappa shape index (κ2) is 8.54. The average molecular weight is 190 g/mol. The van der Waals surface area contributed by atoms with Crippen LogP contribution in [0.15, 0.2) is 12.2 Å². The van der Waals surface area contributed by atoms with Crippen molar-refractivity contribution in [2.45, 2.75) is 20.3 Å². The molecule has 66 valence electrons. The van der Waals surface area contributed by atoms with Crippen molar-refractivity contribution in [3.05, 3.63) is 12.2 Å². The molecule has 0 N–H and O–H groups in total. The highest BCUT2D eigenvalue weighted by Gasteiger charge is 1.95. The minimum atomic E-state index is 0.865. The summed E-state index contributed by atoms with van der Waals surface area (Å²) in [5.74, 6) is 4.16. The van der Waals surface area contributed by atoms with E-state index in [0.717, 1.165) is 17.4 Å². The summed E-state index contributed by atoms with van der Waals surface area (Å²) >= 11 is 6.09. The summed E-state index contributed by atoms with van der Waals surface area (Å²) in [7, 11) is 0. The van der Waals surface area contributed by atoms with E-state index < -0.39 is 0 Å². The molecule has 0 radical (unpaired) electrons. The second-order valence-corrected chi connectivity index (χ2v) is 4.14.